The van der Waals surface area contributed by atoms with E-state index in [1.165, 1.54) is 23.5 Å². The lowest BCUT2D eigenvalue weighted by molar-refractivity contribution is 0.355. The first-order valence-corrected chi connectivity index (χ1v) is 8.68. The molecule has 4 nitrogen and oxygen atoms in total. The third kappa shape index (κ3) is 2.90. The molecule has 1 aliphatic rings. The largest absolute Gasteiger partial charge is 0.326 e. The highest BCUT2D eigenvalue weighted by Gasteiger charge is 2.37. The SMILES string of the molecule is CC(C1CC1)N(C)S(=O)(=O)c1cc(Br)cc(CN)c1F. The topological polar surface area (TPSA) is 63.4 Å². The van der Waals surface area contributed by atoms with Crippen LogP contribution in [0.4, 0.5) is 4.39 Å². The normalized spacial score (nSPS) is 17.5. The van der Waals surface area contributed by atoms with E-state index in [4.69, 9.17) is 5.73 Å². The summed E-state index contributed by atoms with van der Waals surface area (Å²) in [6, 6.07) is 2.67. The number of sulfonamides is 1. The van der Waals surface area contributed by atoms with Gasteiger partial charge in [-0.15, -0.1) is 0 Å². The average Bonchev–Trinajstić information content (AvgIpc) is 3.23. The van der Waals surface area contributed by atoms with Gasteiger partial charge in [0.1, 0.15) is 10.7 Å². The number of nitrogens with zero attached hydrogens (tertiary/aromatic N) is 1. The molecule has 0 bridgehead atoms. The summed E-state index contributed by atoms with van der Waals surface area (Å²) in [5.41, 5.74) is 5.64. The van der Waals surface area contributed by atoms with Gasteiger partial charge in [0.25, 0.3) is 0 Å². The van der Waals surface area contributed by atoms with E-state index in [0.717, 1.165) is 12.8 Å². The first-order chi connectivity index (χ1) is 9.28. The zero-order valence-corrected chi connectivity index (χ0v) is 13.8. The molecule has 0 radical (unpaired) electrons. The average molecular weight is 365 g/mol. The minimum atomic E-state index is -3.86. The van der Waals surface area contributed by atoms with Gasteiger partial charge in [0, 0.05) is 29.7 Å². The van der Waals surface area contributed by atoms with Crippen LogP contribution in [0.3, 0.4) is 0 Å². The van der Waals surface area contributed by atoms with E-state index in [0.29, 0.717) is 10.4 Å². The van der Waals surface area contributed by atoms with E-state index in [2.05, 4.69) is 15.9 Å². The minimum Gasteiger partial charge on any atom is -0.326 e. The van der Waals surface area contributed by atoms with E-state index >= 15 is 0 Å². The number of halogens is 2. The third-order valence-electron chi connectivity index (χ3n) is 3.83. The van der Waals surface area contributed by atoms with Crippen LogP contribution in [0.25, 0.3) is 0 Å². The molecule has 20 heavy (non-hydrogen) atoms. The lowest BCUT2D eigenvalue weighted by Crippen LogP contribution is -2.37. The van der Waals surface area contributed by atoms with Crippen molar-refractivity contribution < 1.29 is 12.8 Å². The highest BCUT2D eigenvalue weighted by atomic mass is 79.9. The fourth-order valence-electron chi connectivity index (χ4n) is 2.20. The maximum absolute atomic E-state index is 14.3. The quantitative estimate of drug-likeness (QED) is 0.872. The molecule has 112 valence electrons. The Hall–Kier alpha value is -0.500. The second-order valence-corrected chi connectivity index (χ2v) is 8.06. The fraction of sp³-hybridized carbons (Fsp3) is 0.538. The maximum atomic E-state index is 14.3. The van der Waals surface area contributed by atoms with Crippen LogP contribution >= 0.6 is 15.9 Å². The smallest absolute Gasteiger partial charge is 0.246 e. The maximum Gasteiger partial charge on any atom is 0.246 e. The van der Waals surface area contributed by atoms with Crippen molar-refractivity contribution in [3.8, 4) is 0 Å². The van der Waals surface area contributed by atoms with Crippen molar-refractivity contribution in [2.45, 2.75) is 37.2 Å². The summed E-state index contributed by atoms with van der Waals surface area (Å²) in [6.45, 7) is 1.81. The van der Waals surface area contributed by atoms with E-state index in [1.807, 2.05) is 6.92 Å². The molecular formula is C13H18BrFN2O2S. The number of benzene rings is 1. The van der Waals surface area contributed by atoms with Gasteiger partial charge < -0.3 is 5.73 Å². The summed E-state index contributed by atoms with van der Waals surface area (Å²) in [7, 11) is -2.36. The number of nitrogens with two attached hydrogens (primary N) is 1. The van der Waals surface area contributed by atoms with Crippen molar-refractivity contribution >= 4 is 26.0 Å². The van der Waals surface area contributed by atoms with Gasteiger partial charge in [0.2, 0.25) is 10.0 Å². The van der Waals surface area contributed by atoms with Crippen molar-refractivity contribution in [3.63, 3.8) is 0 Å². The molecule has 1 aromatic rings. The zero-order chi connectivity index (χ0) is 15.1. The Morgan fingerprint density at radius 1 is 1.50 bits per heavy atom. The highest BCUT2D eigenvalue weighted by molar-refractivity contribution is 9.10. The Labute approximate surface area is 127 Å². The molecule has 1 unspecified atom stereocenters. The molecule has 0 heterocycles. The molecular weight excluding hydrogens is 347 g/mol. The summed E-state index contributed by atoms with van der Waals surface area (Å²) in [4.78, 5) is -0.317. The molecule has 0 aliphatic heterocycles. The Morgan fingerprint density at radius 2 is 2.10 bits per heavy atom. The zero-order valence-electron chi connectivity index (χ0n) is 11.4. The molecule has 0 spiro atoms. The summed E-state index contributed by atoms with van der Waals surface area (Å²) in [6.07, 6.45) is 2.05. The molecule has 0 amide bonds. The third-order valence-corrected chi connectivity index (χ3v) is 6.24. The van der Waals surface area contributed by atoms with Crippen LogP contribution in [0.2, 0.25) is 0 Å². The molecule has 1 fully saturated rings. The van der Waals surface area contributed by atoms with Crippen LogP contribution in [0.15, 0.2) is 21.5 Å². The molecule has 1 saturated carbocycles. The first-order valence-electron chi connectivity index (χ1n) is 6.45. The number of hydrogen-bond donors (Lipinski definition) is 1. The van der Waals surface area contributed by atoms with Crippen molar-refractivity contribution in [3.05, 3.63) is 28.0 Å². The van der Waals surface area contributed by atoms with E-state index in [-0.39, 0.29) is 23.0 Å². The van der Waals surface area contributed by atoms with Crippen LogP contribution in [0.5, 0.6) is 0 Å². The van der Waals surface area contributed by atoms with E-state index < -0.39 is 15.8 Å². The van der Waals surface area contributed by atoms with Crippen LogP contribution in [-0.2, 0) is 16.6 Å². The van der Waals surface area contributed by atoms with Crippen LogP contribution < -0.4 is 5.73 Å². The summed E-state index contributed by atoms with van der Waals surface area (Å²) in [5, 5.41) is 0. The van der Waals surface area contributed by atoms with Gasteiger partial charge in [0.05, 0.1) is 0 Å². The van der Waals surface area contributed by atoms with Gasteiger partial charge >= 0.3 is 0 Å². The lowest BCUT2D eigenvalue weighted by atomic mass is 10.2. The van der Waals surface area contributed by atoms with Gasteiger partial charge in [-0.05, 0) is 37.8 Å². The minimum absolute atomic E-state index is 0.0459. The standard InChI is InChI=1S/C13H18BrFN2O2S/c1-8(9-3-4-9)17(2)20(18,19)12-6-11(14)5-10(7-16)13(12)15/h5-6,8-9H,3-4,7,16H2,1-2H3. The number of hydrogen-bond acceptors (Lipinski definition) is 3. The van der Waals surface area contributed by atoms with E-state index in [9.17, 15) is 12.8 Å². The van der Waals surface area contributed by atoms with Crippen molar-refractivity contribution in [2.24, 2.45) is 11.7 Å². The molecule has 7 heteroatoms. The van der Waals surface area contributed by atoms with Gasteiger partial charge in [-0.3, -0.25) is 0 Å². The van der Waals surface area contributed by atoms with Gasteiger partial charge in [-0.1, -0.05) is 15.9 Å². The van der Waals surface area contributed by atoms with Crippen molar-refractivity contribution in [1.29, 1.82) is 0 Å². The van der Waals surface area contributed by atoms with Gasteiger partial charge in [0.15, 0.2) is 0 Å². The Balaban J connectivity index is 2.45. The molecule has 0 saturated heterocycles. The molecule has 1 atom stereocenters. The van der Waals surface area contributed by atoms with Crippen LogP contribution in [0, 0.1) is 11.7 Å². The predicted octanol–water partition coefficient (Wildman–Crippen LogP) is 2.47. The Kier molecular flexibility index (Phi) is 4.53. The summed E-state index contributed by atoms with van der Waals surface area (Å²) in [5.74, 6) is -0.385. The second kappa shape index (κ2) is 5.71. The first kappa shape index (κ1) is 15.9. The molecule has 2 rings (SSSR count). The Morgan fingerprint density at radius 3 is 2.60 bits per heavy atom. The second-order valence-electron chi connectivity index (χ2n) is 5.18. The summed E-state index contributed by atoms with van der Waals surface area (Å²) < 4.78 is 41.2. The summed E-state index contributed by atoms with van der Waals surface area (Å²) >= 11 is 3.20. The molecule has 1 aliphatic carbocycles. The van der Waals surface area contributed by atoms with Crippen molar-refractivity contribution in [1.82, 2.24) is 4.31 Å². The Bertz CT molecular complexity index is 617. The van der Waals surface area contributed by atoms with E-state index in [1.54, 1.807) is 0 Å². The van der Waals surface area contributed by atoms with Crippen LogP contribution in [0.1, 0.15) is 25.3 Å². The van der Waals surface area contributed by atoms with Gasteiger partial charge in [-0.2, -0.15) is 4.31 Å². The fourth-order valence-corrected chi connectivity index (χ4v) is 4.41. The van der Waals surface area contributed by atoms with Crippen LogP contribution in [-0.4, -0.2) is 25.8 Å². The van der Waals surface area contributed by atoms with Gasteiger partial charge in [-0.25, -0.2) is 12.8 Å². The van der Waals surface area contributed by atoms with Crippen molar-refractivity contribution in [2.75, 3.05) is 7.05 Å². The molecule has 2 N–H and O–H groups in total. The lowest BCUT2D eigenvalue weighted by Gasteiger charge is -2.24. The predicted molar refractivity (Wildman–Crippen MR) is 79.1 cm³/mol. The monoisotopic (exact) mass is 364 g/mol. The molecule has 1 aromatic carbocycles. The highest BCUT2D eigenvalue weighted by Crippen LogP contribution is 2.37. The molecule has 0 aromatic heterocycles. The number of rotatable bonds is 5.